The number of carbonyl (C=O) groups is 2. The van der Waals surface area contributed by atoms with Crippen molar-refractivity contribution in [3.8, 4) is 0 Å². The highest BCUT2D eigenvalue weighted by atomic mass is 16.3. The van der Waals surface area contributed by atoms with Crippen LogP contribution in [-0.2, 0) is 4.79 Å². The van der Waals surface area contributed by atoms with E-state index >= 15 is 0 Å². The second-order valence-corrected chi connectivity index (χ2v) is 9.90. The highest BCUT2D eigenvalue weighted by molar-refractivity contribution is 6.07. The van der Waals surface area contributed by atoms with Crippen LogP contribution in [0.5, 0.6) is 0 Å². The number of amides is 3. The molecule has 1 aromatic rings. The van der Waals surface area contributed by atoms with E-state index in [1.807, 2.05) is 31.7 Å². The minimum absolute atomic E-state index is 0.0188. The third-order valence-corrected chi connectivity index (χ3v) is 6.83. The molecule has 30 heavy (non-hydrogen) atoms. The minimum atomic E-state index is -0.642. The van der Waals surface area contributed by atoms with E-state index in [1.165, 1.54) is 4.90 Å². The smallest absolute Gasteiger partial charge is 0.327 e. The van der Waals surface area contributed by atoms with E-state index in [-0.39, 0.29) is 18.0 Å². The molecule has 1 aromatic heterocycles. The quantitative estimate of drug-likeness (QED) is 0.579. The van der Waals surface area contributed by atoms with Crippen molar-refractivity contribution >= 4 is 11.9 Å². The standard InChI is InChI=1S/C24H39N3O3/c1-17(2)9-14-26-23(29)27(18(3)4)22(28)24(26)11-15-25(16-12-24)13-10-19(5)21-8-7-20(6)30-21/h7-8,17-19H,9-16H2,1-6H3. The molecule has 0 aliphatic carbocycles. The third-order valence-electron chi connectivity index (χ3n) is 6.83. The Labute approximate surface area is 181 Å². The Bertz CT molecular complexity index is 747. The second kappa shape index (κ2) is 9.13. The molecule has 0 bridgehead atoms. The fraction of sp³-hybridized carbons (Fsp3) is 0.750. The Morgan fingerprint density at radius 1 is 1.00 bits per heavy atom. The van der Waals surface area contributed by atoms with Gasteiger partial charge >= 0.3 is 6.03 Å². The van der Waals surface area contributed by atoms with Crippen LogP contribution in [0.3, 0.4) is 0 Å². The minimum Gasteiger partial charge on any atom is -0.466 e. The van der Waals surface area contributed by atoms with Crippen molar-refractivity contribution in [2.45, 2.75) is 84.7 Å². The first kappa shape index (κ1) is 22.9. The summed E-state index contributed by atoms with van der Waals surface area (Å²) in [6, 6.07) is 3.90. The molecule has 1 spiro atoms. The Hall–Kier alpha value is -1.82. The highest BCUT2D eigenvalue weighted by Crippen LogP contribution is 2.39. The number of likely N-dealkylation sites (tertiary alicyclic amines) is 1. The summed E-state index contributed by atoms with van der Waals surface area (Å²) in [6.45, 7) is 15.7. The SMILES string of the molecule is Cc1ccc(C(C)CCN2CCC3(CC2)C(=O)N(C(C)C)C(=O)N3CCC(C)C)o1. The first-order chi connectivity index (χ1) is 14.2. The van der Waals surface area contributed by atoms with E-state index in [2.05, 4.69) is 31.7 Å². The molecule has 2 aliphatic rings. The van der Waals surface area contributed by atoms with Gasteiger partial charge in [0.25, 0.3) is 5.91 Å². The number of hydrogen-bond acceptors (Lipinski definition) is 4. The molecule has 2 saturated heterocycles. The molecular formula is C24H39N3O3. The second-order valence-electron chi connectivity index (χ2n) is 9.90. The van der Waals surface area contributed by atoms with E-state index in [1.54, 1.807) is 0 Å². The number of carbonyl (C=O) groups excluding carboxylic acids is 2. The number of furan rings is 1. The molecular weight excluding hydrogens is 378 g/mol. The lowest BCUT2D eigenvalue weighted by Crippen LogP contribution is -2.57. The molecule has 168 valence electrons. The summed E-state index contributed by atoms with van der Waals surface area (Å²) in [4.78, 5) is 32.3. The molecule has 2 fully saturated rings. The maximum absolute atomic E-state index is 13.4. The van der Waals surface area contributed by atoms with E-state index in [0.717, 1.165) is 56.8 Å². The van der Waals surface area contributed by atoms with Crippen LogP contribution in [0.25, 0.3) is 0 Å². The average molecular weight is 418 g/mol. The maximum atomic E-state index is 13.4. The van der Waals surface area contributed by atoms with Gasteiger partial charge in [-0.05, 0) is 71.0 Å². The number of aryl methyl sites for hydroxylation is 1. The summed E-state index contributed by atoms with van der Waals surface area (Å²) < 4.78 is 5.77. The molecule has 2 aliphatic heterocycles. The lowest BCUT2D eigenvalue weighted by Gasteiger charge is -2.42. The number of piperidine rings is 1. The zero-order valence-corrected chi connectivity index (χ0v) is 19.6. The average Bonchev–Trinajstić information content (AvgIpc) is 3.20. The fourth-order valence-electron chi connectivity index (χ4n) is 4.76. The van der Waals surface area contributed by atoms with Crippen molar-refractivity contribution in [2.24, 2.45) is 5.92 Å². The molecule has 0 saturated carbocycles. The molecule has 1 atom stereocenters. The first-order valence-corrected chi connectivity index (χ1v) is 11.6. The largest absolute Gasteiger partial charge is 0.466 e. The van der Waals surface area contributed by atoms with Gasteiger partial charge in [-0.3, -0.25) is 9.69 Å². The van der Waals surface area contributed by atoms with E-state index in [0.29, 0.717) is 18.4 Å². The lowest BCUT2D eigenvalue weighted by atomic mass is 9.85. The van der Waals surface area contributed by atoms with Crippen LogP contribution in [0.15, 0.2) is 16.5 Å². The van der Waals surface area contributed by atoms with Crippen molar-refractivity contribution < 1.29 is 14.0 Å². The summed E-state index contributed by atoms with van der Waals surface area (Å²) in [7, 11) is 0. The van der Waals surface area contributed by atoms with Gasteiger partial charge in [0.05, 0.1) is 0 Å². The molecule has 3 amide bonds. The molecule has 0 aromatic carbocycles. The van der Waals surface area contributed by atoms with Crippen molar-refractivity contribution in [1.29, 1.82) is 0 Å². The van der Waals surface area contributed by atoms with E-state index < -0.39 is 5.54 Å². The van der Waals surface area contributed by atoms with Crippen molar-refractivity contribution in [2.75, 3.05) is 26.2 Å². The molecule has 0 radical (unpaired) electrons. The molecule has 0 N–H and O–H groups in total. The zero-order valence-electron chi connectivity index (χ0n) is 19.6. The number of urea groups is 1. The number of nitrogens with zero attached hydrogens (tertiary/aromatic N) is 3. The van der Waals surface area contributed by atoms with Crippen molar-refractivity contribution in [3.05, 3.63) is 23.7 Å². The van der Waals surface area contributed by atoms with Gasteiger partial charge in [0.15, 0.2) is 0 Å². The Morgan fingerprint density at radius 2 is 1.67 bits per heavy atom. The van der Waals surface area contributed by atoms with E-state index in [9.17, 15) is 9.59 Å². The number of rotatable bonds is 8. The van der Waals surface area contributed by atoms with Crippen LogP contribution in [0.1, 0.15) is 77.7 Å². The third kappa shape index (κ3) is 4.43. The summed E-state index contributed by atoms with van der Waals surface area (Å²) >= 11 is 0. The lowest BCUT2D eigenvalue weighted by molar-refractivity contribution is -0.136. The monoisotopic (exact) mass is 417 g/mol. The van der Waals surface area contributed by atoms with Gasteiger partial charge in [0.1, 0.15) is 17.1 Å². The molecule has 3 rings (SSSR count). The summed E-state index contributed by atoms with van der Waals surface area (Å²) in [5, 5.41) is 0. The molecule has 6 heteroatoms. The molecule has 6 nitrogen and oxygen atoms in total. The summed E-state index contributed by atoms with van der Waals surface area (Å²) in [5.74, 6) is 2.90. The Balaban J connectivity index is 1.64. The highest BCUT2D eigenvalue weighted by Gasteiger charge is 2.58. The normalized spacial score (nSPS) is 20.9. The van der Waals surface area contributed by atoms with Gasteiger partial charge in [-0.25, -0.2) is 4.79 Å². The topological polar surface area (TPSA) is 57.0 Å². The van der Waals surface area contributed by atoms with Gasteiger partial charge in [-0.2, -0.15) is 0 Å². The van der Waals surface area contributed by atoms with Crippen LogP contribution in [0.2, 0.25) is 0 Å². The van der Waals surface area contributed by atoms with Gasteiger partial charge in [0, 0.05) is 31.6 Å². The van der Waals surface area contributed by atoms with Gasteiger partial charge in [0.2, 0.25) is 0 Å². The van der Waals surface area contributed by atoms with Crippen LogP contribution < -0.4 is 0 Å². The van der Waals surface area contributed by atoms with Crippen molar-refractivity contribution in [1.82, 2.24) is 14.7 Å². The first-order valence-electron chi connectivity index (χ1n) is 11.6. The van der Waals surface area contributed by atoms with E-state index in [4.69, 9.17) is 4.42 Å². The van der Waals surface area contributed by atoms with Gasteiger partial charge in [-0.15, -0.1) is 0 Å². The number of imide groups is 1. The van der Waals surface area contributed by atoms with Gasteiger partial charge in [-0.1, -0.05) is 20.8 Å². The van der Waals surface area contributed by atoms with Crippen LogP contribution in [0.4, 0.5) is 4.79 Å². The maximum Gasteiger partial charge on any atom is 0.327 e. The predicted octanol–water partition coefficient (Wildman–Crippen LogP) is 4.63. The predicted molar refractivity (Wildman–Crippen MR) is 118 cm³/mol. The van der Waals surface area contributed by atoms with Crippen LogP contribution in [-0.4, -0.2) is 64.4 Å². The Morgan fingerprint density at radius 3 is 2.20 bits per heavy atom. The fourth-order valence-corrected chi connectivity index (χ4v) is 4.76. The molecule has 1 unspecified atom stereocenters. The van der Waals surface area contributed by atoms with Crippen LogP contribution in [0, 0.1) is 12.8 Å². The number of hydrogen-bond donors (Lipinski definition) is 0. The van der Waals surface area contributed by atoms with Gasteiger partial charge < -0.3 is 14.2 Å². The van der Waals surface area contributed by atoms with Crippen LogP contribution >= 0.6 is 0 Å². The Kier molecular flexibility index (Phi) is 6.95. The zero-order chi connectivity index (χ0) is 22.1. The summed E-state index contributed by atoms with van der Waals surface area (Å²) in [6.07, 6.45) is 3.42. The summed E-state index contributed by atoms with van der Waals surface area (Å²) in [5.41, 5.74) is -0.642. The van der Waals surface area contributed by atoms with Crippen molar-refractivity contribution in [3.63, 3.8) is 0 Å². The molecule has 3 heterocycles.